The van der Waals surface area contributed by atoms with Crippen molar-refractivity contribution >= 4 is 0 Å². The van der Waals surface area contributed by atoms with Crippen LogP contribution in [0, 0.1) is 6.92 Å². The van der Waals surface area contributed by atoms with Crippen LogP contribution >= 0.6 is 0 Å². The number of aromatic nitrogens is 2. The number of nitrogens with one attached hydrogen (secondary N) is 1. The molecule has 1 heterocycles. The summed E-state index contributed by atoms with van der Waals surface area (Å²) in [4.78, 5) is 4.04. The number of aryl methyl sites for hydroxylation is 2. The Bertz CT molecular complexity index is 459. The Labute approximate surface area is 115 Å². The normalized spacial score (nSPS) is 12.5. The molecule has 0 amide bonds. The standard InChI is InChI=1S/C16H23N3/c1-14-5-7-16(8-6-14)15(2)18-9-3-4-11-19-12-10-17-13-19/h5-8,10,12-13,15,18H,3-4,9,11H2,1-2H3. The van der Waals surface area contributed by atoms with Gasteiger partial charge in [0.1, 0.15) is 0 Å². The van der Waals surface area contributed by atoms with Crippen LogP contribution in [0.25, 0.3) is 0 Å². The van der Waals surface area contributed by atoms with Gasteiger partial charge in [0.15, 0.2) is 0 Å². The lowest BCUT2D eigenvalue weighted by Gasteiger charge is -2.14. The first-order chi connectivity index (χ1) is 9.25. The Morgan fingerprint density at radius 1 is 1.21 bits per heavy atom. The van der Waals surface area contributed by atoms with Gasteiger partial charge in [-0.25, -0.2) is 4.98 Å². The molecule has 102 valence electrons. The van der Waals surface area contributed by atoms with Crippen LogP contribution in [0.4, 0.5) is 0 Å². The van der Waals surface area contributed by atoms with Gasteiger partial charge < -0.3 is 9.88 Å². The Hall–Kier alpha value is -1.61. The average Bonchev–Trinajstić information content (AvgIpc) is 2.92. The number of hydrogen-bond donors (Lipinski definition) is 1. The molecule has 0 spiro atoms. The summed E-state index contributed by atoms with van der Waals surface area (Å²) in [6.45, 7) is 6.46. The molecular formula is C16H23N3. The maximum Gasteiger partial charge on any atom is 0.0945 e. The van der Waals surface area contributed by atoms with Gasteiger partial charge in [0.05, 0.1) is 6.33 Å². The Morgan fingerprint density at radius 3 is 2.68 bits per heavy atom. The van der Waals surface area contributed by atoms with Crippen molar-refractivity contribution in [3.63, 3.8) is 0 Å². The van der Waals surface area contributed by atoms with Crippen molar-refractivity contribution in [1.82, 2.24) is 14.9 Å². The molecule has 0 saturated carbocycles. The fourth-order valence-electron chi connectivity index (χ4n) is 2.13. The quantitative estimate of drug-likeness (QED) is 0.771. The van der Waals surface area contributed by atoms with Gasteiger partial charge in [0.2, 0.25) is 0 Å². The highest BCUT2D eigenvalue weighted by molar-refractivity contribution is 5.23. The fraction of sp³-hybridized carbons (Fsp3) is 0.438. The van der Waals surface area contributed by atoms with E-state index in [0.29, 0.717) is 6.04 Å². The van der Waals surface area contributed by atoms with Crippen molar-refractivity contribution in [3.8, 4) is 0 Å². The van der Waals surface area contributed by atoms with Crippen LogP contribution in [-0.4, -0.2) is 16.1 Å². The van der Waals surface area contributed by atoms with Crippen molar-refractivity contribution < 1.29 is 0 Å². The number of benzene rings is 1. The second-order valence-corrected chi connectivity index (χ2v) is 5.09. The largest absolute Gasteiger partial charge is 0.337 e. The van der Waals surface area contributed by atoms with Crippen LogP contribution in [0.15, 0.2) is 43.0 Å². The number of hydrogen-bond acceptors (Lipinski definition) is 2. The van der Waals surface area contributed by atoms with Gasteiger partial charge in [-0.3, -0.25) is 0 Å². The van der Waals surface area contributed by atoms with Crippen LogP contribution in [0.2, 0.25) is 0 Å². The third-order valence-electron chi connectivity index (χ3n) is 3.43. The van der Waals surface area contributed by atoms with Crippen LogP contribution < -0.4 is 5.32 Å². The van der Waals surface area contributed by atoms with E-state index in [9.17, 15) is 0 Å². The monoisotopic (exact) mass is 257 g/mol. The molecular weight excluding hydrogens is 234 g/mol. The molecule has 0 aliphatic rings. The van der Waals surface area contributed by atoms with Gasteiger partial charge in [-0.05, 0) is 38.8 Å². The summed E-state index contributed by atoms with van der Waals surface area (Å²) >= 11 is 0. The number of imidazole rings is 1. The minimum Gasteiger partial charge on any atom is -0.337 e. The van der Waals surface area contributed by atoms with E-state index < -0.39 is 0 Å². The molecule has 0 aliphatic heterocycles. The molecule has 2 aromatic rings. The summed E-state index contributed by atoms with van der Waals surface area (Å²) in [5, 5.41) is 3.57. The number of unbranched alkanes of at least 4 members (excludes halogenated alkanes) is 1. The van der Waals surface area contributed by atoms with Crippen molar-refractivity contribution in [1.29, 1.82) is 0 Å². The molecule has 1 unspecified atom stereocenters. The van der Waals surface area contributed by atoms with E-state index in [1.54, 1.807) is 0 Å². The molecule has 1 aromatic heterocycles. The molecule has 1 N–H and O–H groups in total. The lowest BCUT2D eigenvalue weighted by Crippen LogP contribution is -2.20. The smallest absolute Gasteiger partial charge is 0.0945 e. The molecule has 0 bridgehead atoms. The molecule has 0 aliphatic carbocycles. The topological polar surface area (TPSA) is 29.9 Å². The summed E-state index contributed by atoms with van der Waals surface area (Å²) in [5.74, 6) is 0. The number of nitrogens with zero attached hydrogens (tertiary/aromatic N) is 2. The lowest BCUT2D eigenvalue weighted by atomic mass is 10.1. The second kappa shape index (κ2) is 7.10. The van der Waals surface area contributed by atoms with Gasteiger partial charge in [-0.1, -0.05) is 29.8 Å². The van der Waals surface area contributed by atoms with Crippen molar-refractivity contribution in [2.45, 2.75) is 39.3 Å². The zero-order valence-corrected chi connectivity index (χ0v) is 11.8. The van der Waals surface area contributed by atoms with Gasteiger partial charge >= 0.3 is 0 Å². The lowest BCUT2D eigenvalue weighted by molar-refractivity contribution is 0.523. The van der Waals surface area contributed by atoms with Crippen LogP contribution in [0.5, 0.6) is 0 Å². The first kappa shape index (κ1) is 13.8. The van der Waals surface area contributed by atoms with Crippen molar-refractivity contribution in [2.75, 3.05) is 6.54 Å². The first-order valence-electron chi connectivity index (χ1n) is 7.01. The molecule has 3 nitrogen and oxygen atoms in total. The van der Waals surface area contributed by atoms with E-state index in [1.165, 1.54) is 24.0 Å². The highest BCUT2D eigenvalue weighted by Gasteiger charge is 2.03. The van der Waals surface area contributed by atoms with Crippen LogP contribution in [0.3, 0.4) is 0 Å². The van der Waals surface area contributed by atoms with Gasteiger partial charge in [0, 0.05) is 25.0 Å². The second-order valence-electron chi connectivity index (χ2n) is 5.09. The van der Waals surface area contributed by atoms with E-state index in [4.69, 9.17) is 0 Å². The van der Waals surface area contributed by atoms with Crippen LogP contribution in [-0.2, 0) is 6.54 Å². The molecule has 1 atom stereocenters. The summed E-state index contributed by atoms with van der Waals surface area (Å²) in [5.41, 5.74) is 2.68. The summed E-state index contributed by atoms with van der Waals surface area (Å²) in [6, 6.07) is 9.18. The van der Waals surface area contributed by atoms with E-state index in [0.717, 1.165) is 13.1 Å². The summed E-state index contributed by atoms with van der Waals surface area (Å²) in [7, 11) is 0. The average molecular weight is 257 g/mol. The molecule has 2 rings (SSSR count). The highest BCUT2D eigenvalue weighted by atomic mass is 15.0. The third-order valence-corrected chi connectivity index (χ3v) is 3.43. The molecule has 1 aromatic carbocycles. The van der Waals surface area contributed by atoms with Crippen molar-refractivity contribution in [2.24, 2.45) is 0 Å². The zero-order valence-electron chi connectivity index (χ0n) is 11.8. The van der Waals surface area contributed by atoms with E-state index in [-0.39, 0.29) is 0 Å². The van der Waals surface area contributed by atoms with E-state index in [1.807, 2.05) is 18.7 Å². The molecule has 0 radical (unpaired) electrons. The Balaban J connectivity index is 1.63. The van der Waals surface area contributed by atoms with Gasteiger partial charge in [-0.2, -0.15) is 0 Å². The Morgan fingerprint density at radius 2 is 2.00 bits per heavy atom. The minimum absolute atomic E-state index is 0.425. The number of rotatable bonds is 7. The van der Waals surface area contributed by atoms with Crippen molar-refractivity contribution in [3.05, 3.63) is 54.1 Å². The van der Waals surface area contributed by atoms with Gasteiger partial charge in [0.25, 0.3) is 0 Å². The van der Waals surface area contributed by atoms with Gasteiger partial charge in [-0.15, -0.1) is 0 Å². The highest BCUT2D eigenvalue weighted by Crippen LogP contribution is 2.12. The zero-order chi connectivity index (χ0) is 13.5. The van der Waals surface area contributed by atoms with E-state index in [2.05, 4.69) is 53.0 Å². The SMILES string of the molecule is Cc1ccc(C(C)NCCCCn2ccnc2)cc1. The molecule has 0 saturated heterocycles. The predicted molar refractivity (Wildman–Crippen MR) is 79.1 cm³/mol. The first-order valence-corrected chi connectivity index (χ1v) is 7.01. The Kier molecular flexibility index (Phi) is 5.16. The maximum absolute atomic E-state index is 4.04. The fourth-order valence-corrected chi connectivity index (χ4v) is 2.13. The van der Waals surface area contributed by atoms with E-state index >= 15 is 0 Å². The molecule has 19 heavy (non-hydrogen) atoms. The molecule has 0 fully saturated rings. The predicted octanol–water partition coefficient (Wildman–Crippen LogP) is 3.32. The third kappa shape index (κ3) is 4.52. The molecule has 3 heteroatoms. The summed E-state index contributed by atoms with van der Waals surface area (Å²) < 4.78 is 2.13. The minimum atomic E-state index is 0.425. The van der Waals surface area contributed by atoms with Crippen LogP contribution in [0.1, 0.15) is 36.9 Å². The summed E-state index contributed by atoms with van der Waals surface area (Å²) in [6.07, 6.45) is 8.10. The maximum atomic E-state index is 4.04.